The predicted molar refractivity (Wildman–Crippen MR) is 108 cm³/mol. The molecule has 0 saturated heterocycles. The third-order valence-corrected chi connectivity index (χ3v) is 4.01. The van der Waals surface area contributed by atoms with Crippen LogP contribution in [0.1, 0.15) is 25.0 Å². The molecule has 0 aliphatic rings. The minimum Gasteiger partial charge on any atom is -0.490 e. The molecule has 28 heavy (non-hydrogen) atoms. The number of nitro benzene ring substituents is 1. The molecule has 0 aliphatic heterocycles. The molecule has 0 aromatic heterocycles. The summed E-state index contributed by atoms with van der Waals surface area (Å²) in [5.74, 6) is 0.886. The summed E-state index contributed by atoms with van der Waals surface area (Å²) in [5, 5.41) is 16.8. The first-order valence-electron chi connectivity index (χ1n) is 9.04. The highest BCUT2D eigenvalue weighted by atomic mass is 16.6. The fourth-order valence-electron chi connectivity index (χ4n) is 2.74. The molecule has 8 nitrogen and oxygen atoms in total. The predicted octanol–water partition coefficient (Wildman–Crippen LogP) is 4.06. The summed E-state index contributed by atoms with van der Waals surface area (Å²) >= 11 is 0. The van der Waals surface area contributed by atoms with Crippen LogP contribution in [0.5, 0.6) is 11.5 Å². The number of hydrogen-bond acceptors (Lipinski definition) is 6. The molecule has 150 valence electrons. The molecule has 1 amide bonds. The standard InChI is InChI=1S/C20H25N3O5/c1-5-27-18-8-7-15(10-19(18)28-6-2)22-20(24)12-21-16-11-17(23(25)26)14(4)9-13(16)3/h7-11,21H,5-6,12H2,1-4H3,(H,22,24). The Morgan fingerprint density at radius 3 is 2.36 bits per heavy atom. The van der Waals surface area contributed by atoms with E-state index in [1.54, 1.807) is 31.2 Å². The van der Waals surface area contributed by atoms with Crippen LogP contribution in [0.25, 0.3) is 0 Å². The minimum absolute atomic E-state index is 0.0152. The highest BCUT2D eigenvalue weighted by molar-refractivity contribution is 5.94. The second-order valence-electron chi connectivity index (χ2n) is 6.14. The zero-order valence-electron chi connectivity index (χ0n) is 16.5. The smallest absolute Gasteiger partial charge is 0.274 e. The molecule has 0 bridgehead atoms. The number of ether oxygens (including phenoxy) is 2. The Balaban J connectivity index is 2.06. The Labute approximate surface area is 164 Å². The number of benzene rings is 2. The molecule has 0 unspecified atom stereocenters. The van der Waals surface area contributed by atoms with Gasteiger partial charge in [0, 0.05) is 29.1 Å². The average molecular weight is 387 g/mol. The highest BCUT2D eigenvalue weighted by Gasteiger charge is 2.14. The van der Waals surface area contributed by atoms with Gasteiger partial charge >= 0.3 is 0 Å². The molecule has 2 N–H and O–H groups in total. The number of aryl methyl sites for hydroxylation is 2. The Hall–Kier alpha value is -3.29. The quantitative estimate of drug-likeness (QED) is 0.497. The number of amides is 1. The van der Waals surface area contributed by atoms with Crippen LogP contribution in [-0.2, 0) is 4.79 Å². The van der Waals surface area contributed by atoms with E-state index in [1.165, 1.54) is 6.07 Å². The molecule has 0 heterocycles. The molecular formula is C20H25N3O5. The van der Waals surface area contributed by atoms with Crippen molar-refractivity contribution in [3.63, 3.8) is 0 Å². The number of anilines is 2. The van der Waals surface area contributed by atoms with Gasteiger partial charge in [0.1, 0.15) is 0 Å². The molecule has 2 aromatic carbocycles. The molecule has 0 saturated carbocycles. The average Bonchev–Trinajstić information content (AvgIpc) is 2.63. The van der Waals surface area contributed by atoms with Gasteiger partial charge in [0.05, 0.1) is 24.7 Å². The lowest BCUT2D eigenvalue weighted by Gasteiger charge is -2.14. The van der Waals surface area contributed by atoms with E-state index in [-0.39, 0.29) is 18.1 Å². The normalized spacial score (nSPS) is 10.3. The maximum atomic E-state index is 12.3. The summed E-state index contributed by atoms with van der Waals surface area (Å²) in [6, 6.07) is 8.34. The molecular weight excluding hydrogens is 362 g/mol. The van der Waals surface area contributed by atoms with Crippen molar-refractivity contribution in [3.8, 4) is 11.5 Å². The fraction of sp³-hybridized carbons (Fsp3) is 0.350. The number of carbonyl (C=O) groups is 1. The monoisotopic (exact) mass is 387 g/mol. The van der Waals surface area contributed by atoms with Crippen molar-refractivity contribution in [2.75, 3.05) is 30.4 Å². The van der Waals surface area contributed by atoms with Crippen LogP contribution < -0.4 is 20.1 Å². The number of rotatable bonds is 9. The van der Waals surface area contributed by atoms with Crippen molar-refractivity contribution in [3.05, 3.63) is 51.6 Å². The van der Waals surface area contributed by atoms with E-state index in [2.05, 4.69) is 10.6 Å². The Morgan fingerprint density at radius 1 is 1.04 bits per heavy atom. The van der Waals surface area contributed by atoms with E-state index in [4.69, 9.17) is 9.47 Å². The van der Waals surface area contributed by atoms with Crippen molar-refractivity contribution < 1.29 is 19.2 Å². The maximum absolute atomic E-state index is 12.3. The molecule has 0 fully saturated rings. The van der Waals surface area contributed by atoms with E-state index in [0.717, 1.165) is 5.56 Å². The number of nitrogens with one attached hydrogen (secondary N) is 2. The van der Waals surface area contributed by atoms with Gasteiger partial charge < -0.3 is 20.1 Å². The lowest BCUT2D eigenvalue weighted by Crippen LogP contribution is -2.22. The topological polar surface area (TPSA) is 103 Å². The summed E-state index contributed by atoms with van der Waals surface area (Å²) in [6.07, 6.45) is 0. The van der Waals surface area contributed by atoms with Crippen molar-refractivity contribution >= 4 is 23.0 Å². The van der Waals surface area contributed by atoms with Crippen molar-refractivity contribution in [2.45, 2.75) is 27.7 Å². The van der Waals surface area contributed by atoms with Gasteiger partial charge in [-0.15, -0.1) is 0 Å². The summed E-state index contributed by atoms with van der Waals surface area (Å²) in [4.78, 5) is 22.9. The summed E-state index contributed by atoms with van der Waals surface area (Å²) < 4.78 is 11.1. The Morgan fingerprint density at radius 2 is 1.71 bits per heavy atom. The van der Waals surface area contributed by atoms with Gasteiger partial charge in [-0.05, 0) is 51.5 Å². The lowest BCUT2D eigenvalue weighted by molar-refractivity contribution is -0.385. The zero-order chi connectivity index (χ0) is 20.7. The fourth-order valence-corrected chi connectivity index (χ4v) is 2.74. The first-order valence-corrected chi connectivity index (χ1v) is 9.04. The van der Waals surface area contributed by atoms with Crippen molar-refractivity contribution in [1.29, 1.82) is 0 Å². The van der Waals surface area contributed by atoms with Gasteiger partial charge in [-0.3, -0.25) is 14.9 Å². The van der Waals surface area contributed by atoms with E-state index in [9.17, 15) is 14.9 Å². The van der Waals surface area contributed by atoms with E-state index in [1.807, 2.05) is 20.8 Å². The van der Waals surface area contributed by atoms with Crippen molar-refractivity contribution in [1.82, 2.24) is 0 Å². The Bertz CT molecular complexity index is 867. The minimum atomic E-state index is -0.435. The first kappa shape index (κ1) is 21.0. The van der Waals surface area contributed by atoms with Crippen LogP contribution in [0.4, 0.5) is 17.1 Å². The van der Waals surface area contributed by atoms with Crippen LogP contribution in [0.2, 0.25) is 0 Å². The van der Waals surface area contributed by atoms with Gasteiger partial charge in [-0.2, -0.15) is 0 Å². The number of nitrogens with zero attached hydrogens (tertiary/aromatic N) is 1. The van der Waals surface area contributed by atoms with Crippen LogP contribution in [-0.4, -0.2) is 30.6 Å². The highest BCUT2D eigenvalue weighted by Crippen LogP contribution is 2.31. The second-order valence-corrected chi connectivity index (χ2v) is 6.14. The lowest BCUT2D eigenvalue weighted by atomic mass is 10.1. The van der Waals surface area contributed by atoms with Gasteiger partial charge in [-0.25, -0.2) is 0 Å². The molecule has 0 atom stereocenters. The molecule has 0 aliphatic carbocycles. The van der Waals surface area contributed by atoms with Crippen LogP contribution >= 0.6 is 0 Å². The van der Waals surface area contributed by atoms with E-state index >= 15 is 0 Å². The second kappa shape index (κ2) is 9.59. The summed E-state index contributed by atoms with van der Waals surface area (Å²) in [7, 11) is 0. The number of nitro groups is 1. The van der Waals surface area contributed by atoms with E-state index < -0.39 is 4.92 Å². The number of hydrogen-bond donors (Lipinski definition) is 2. The molecule has 0 spiro atoms. The van der Waals surface area contributed by atoms with Gasteiger partial charge in [0.2, 0.25) is 5.91 Å². The van der Waals surface area contributed by atoms with Gasteiger partial charge in [-0.1, -0.05) is 0 Å². The van der Waals surface area contributed by atoms with Crippen LogP contribution in [0.15, 0.2) is 30.3 Å². The maximum Gasteiger partial charge on any atom is 0.274 e. The third kappa shape index (κ3) is 5.35. The molecule has 2 rings (SSSR count). The van der Waals surface area contributed by atoms with Gasteiger partial charge in [0.15, 0.2) is 11.5 Å². The third-order valence-electron chi connectivity index (χ3n) is 4.01. The van der Waals surface area contributed by atoms with Gasteiger partial charge in [0.25, 0.3) is 5.69 Å². The van der Waals surface area contributed by atoms with Crippen LogP contribution in [0, 0.1) is 24.0 Å². The van der Waals surface area contributed by atoms with E-state index in [0.29, 0.717) is 41.7 Å². The molecule has 0 radical (unpaired) electrons. The number of carbonyl (C=O) groups excluding carboxylic acids is 1. The zero-order valence-corrected chi connectivity index (χ0v) is 16.5. The first-order chi connectivity index (χ1) is 13.3. The SMILES string of the molecule is CCOc1ccc(NC(=O)CNc2cc([N+](=O)[O-])c(C)cc2C)cc1OCC. The summed E-state index contributed by atoms with van der Waals surface area (Å²) in [6.45, 7) is 8.23. The Kier molecular flexibility index (Phi) is 7.20. The van der Waals surface area contributed by atoms with Crippen LogP contribution in [0.3, 0.4) is 0 Å². The molecule has 8 heteroatoms. The summed E-state index contributed by atoms with van der Waals surface area (Å²) in [5.41, 5.74) is 2.55. The van der Waals surface area contributed by atoms with Crippen molar-refractivity contribution in [2.24, 2.45) is 0 Å². The molecule has 2 aromatic rings. The largest absolute Gasteiger partial charge is 0.490 e.